The molecule has 2 aromatic rings. The van der Waals surface area contributed by atoms with E-state index in [9.17, 15) is 12.8 Å². The third-order valence-corrected chi connectivity index (χ3v) is 4.87. The van der Waals surface area contributed by atoms with Crippen LogP contribution in [0.2, 0.25) is 0 Å². The minimum atomic E-state index is -3.69. The molecule has 0 radical (unpaired) electrons. The first kappa shape index (κ1) is 14.0. The van der Waals surface area contributed by atoms with Crippen LogP contribution in [0.15, 0.2) is 47.4 Å². The van der Waals surface area contributed by atoms with Crippen LogP contribution in [-0.2, 0) is 23.0 Å². The molecule has 2 aromatic carbocycles. The van der Waals surface area contributed by atoms with Crippen LogP contribution < -0.4 is 10.0 Å². The lowest BCUT2D eigenvalue weighted by Gasteiger charge is -2.18. The molecule has 1 aliphatic heterocycles. The zero-order chi connectivity index (χ0) is 14.9. The van der Waals surface area contributed by atoms with Gasteiger partial charge in [-0.05, 0) is 60.5 Å². The van der Waals surface area contributed by atoms with E-state index in [1.807, 2.05) is 12.1 Å². The Morgan fingerprint density at radius 3 is 2.57 bits per heavy atom. The van der Waals surface area contributed by atoms with Gasteiger partial charge in [0.05, 0.1) is 4.90 Å². The van der Waals surface area contributed by atoms with Gasteiger partial charge in [-0.2, -0.15) is 0 Å². The Bertz CT molecular complexity index is 758. The molecule has 1 heterocycles. The maximum absolute atomic E-state index is 12.9. The molecule has 0 aromatic heterocycles. The number of hydrogen-bond donors (Lipinski definition) is 2. The molecular weight excluding hydrogens is 291 g/mol. The lowest BCUT2D eigenvalue weighted by molar-refractivity contribution is 0.599. The molecule has 3 rings (SSSR count). The van der Waals surface area contributed by atoms with E-state index in [0.717, 1.165) is 37.2 Å². The van der Waals surface area contributed by atoms with Crippen molar-refractivity contribution < 1.29 is 12.8 Å². The van der Waals surface area contributed by atoms with Crippen molar-refractivity contribution in [3.05, 3.63) is 59.4 Å². The summed E-state index contributed by atoms with van der Waals surface area (Å²) >= 11 is 0. The molecule has 2 N–H and O–H groups in total. The number of rotatable bonds is 3. The van der Waals surface area contributed by atoms with Crippen molar-refractivity contribution in [1.29, 1.82) is 0 Å². The maximum Gasteiger partial charge on any atom is 0.261 e. The highest BCUT2D eigenvalue weighted by Crippen LogP contribution is 2.21. The lowest BCUT2D eigenvalue weighted by Crippen LogP contribution is -2.23. The quantitative estimate of drug-likeness (QED) is 0.914. The zero-order valence-corrected chi connectivity index (χ0v) is 12.1. The van der Waals surface area contributed by atoms with Crippen LogP contribution in [-0.4, -0.2) is 15.0 Å². The van der Waals surface area contributed by atoms with Crippen molar-refractivity contribution in [1.82, 2.24) is 5.32 Å². The van der Waals surface area contributed by atoms with Crippen molar-refractivity contribution in [2.24, 2.45) is 0 Å². The first-order chi connectivity index (χ1) is 10.0. The maximum atomic E-state index is 12.9. The molecule has 21 heavy (non-hydrogen) atoms. The van der Waals surface area contributed by atoms with E-state index < -0.39 is 15.8 Å². The highest BCUT2D eigenvalue weighted by molar-refractivity contribution is 7.92. The molecule has 0 aliphatic carbocycles. The second-order valence-electron chi connectivity index (χ2n) is 4.97. The van der Waals surface area contributed by atoms with E-state index in [4.69, 9.17) is 0 Å². The minimum absolute atomic E-state index is 0.0414. The number of benzene rings is 2. The number of hydrogen-bond acceptors (Lipinski definition) is 3. The van der Waals surface area contributed by atoms with Gasteiger partial charge in [-0.25, -0.2) is 12.8 Å². The molecule has 0 saturated heterocycles. The van der Waals surface area contributed by atoms with Gasteiger partial charge in [-0.15, -0.1) is 0 Å². The molecule has 6 heteroatoms. The topological polar surface area (TPSA) is 58.2 Å². The molecule has 0 unspecified atom stereocenters. The summed E-state index contributed by atoms with van der Waals surface area (Å²) in [6, 6.07) is 10.3. The largest absolute Gasteiger partial charge is 0.312 e. The summed E-state index contributed by atoms with van der Waals surface area (Å²) in [5.74, 6) is -0.464. The van der Waals surface area contributed by atoms with Gasteiger partial charge in [0, 0.05) is 12.2 Å². The summed E-state index contributed by atoms with van der Waals surface area (Å²) in [5.41, 5.74) is 2.85. The second kappa shape index (κ2) is 5.46. The van der Waals surface area contributed by atoms with Crippen LogP contribution in [0.4, 0.5) is 10.1 Å². The number of halogens is 1. The van der Waals surface area contributed by atoms with Crippen molar-refractivity contribution in [2.75, 3.05) is 11.3 Å². The third-order valence-electron chi connectivity index (χ3n) is 3.47. The Kier molecular flexibility index (Phi) is 3.65. The van der Waals surface area contributed by atoms with Crippen molar-refractivity contribution in [2.45, 2.75) is 17.9 Å². The van der Waals surface area contributed by atoms with Crippen LogP contribution in [0.3, 0.4) is 0 Å². The molecule has 0 saturated carbocycles. The number of sulfonamides is 1. The predicted molar refractivity (Wildman–Crippen MR) is 79.1 cm³/mol. The van der Waals surface area contributed by atoms with Gasteiger partial charge in [-0.3, -0.25) is 4.72 Å². The Morgan fingerprint density at radius 2 is 1.81 bits per heavy atom. The highest BCUT2D eigenvalue weighted by atomic mass is 32.2. The SMILES string of the molecule is O=S(=O)(Nc1ccc2c(c1)CNCC2)c1ccc(F)cc1. The fourth-order valence-electron chi connectivity index (χ4n) is 2.37. The summed E-state index contributed by atoms with van der Waals surface area (Å²) in [7, 11) is -3.69. The van der Waals surface area contributed by atoms with Gasteiger partial charge in [0.15, 0.2) is 0 Å². The lowest BCUT2D eigenvalue weighted by atomic mass is 10.0. The average molecular weight is 306 g/mol. The van der Waals surface area contributed by atoms with Crippen molar-refractivity contribution >= 4 is 15.7 Å². The van der Waals surface area contributed by atoms with Gasteiger partial charge in [-0.1, -0.05) is 6.07 Å². The number of nitrogens with one attached hydrogen (secondary N) is 2. The van der Waals surface area contributed by atoms with Gasteiger partial charge in [0.25, 0.3) is 10.0 Å². The number of fused-ring (bicyclic) bond motifs is 1. The van der Waals surface area contributed by atoms with E-state index in [2.05, 4.69) is 10.0 Å². The van der Waals surface area contributed by atoms with Crippen molar-refractivity contribution in [3.63, 3.8) is 0 Å². The van der Waals surface area contributed by atoms with Crippen LogP contribution in [0.25, 0.3) is 0 Å². The summed E-state index contributed by atoms with van der Waals surface area (Å²) in [5, 5.41) is 3.25. The van der Waals surface area contributed by atoms with Crippen LogP contribution in [0, 0.1) is 5.82 Å². The fourth-order valence-corrected chi connectivity index (χ4v) is 3.42. The Hall–Kier alpha value is -1.92. The van der Waals surface area contributed by atoms with Gasteiger partial charge in [0.2, 0.25) is 0 Å². The monoisotopic (exact) mass is 306 g/mol. The Labute approximate surface area is 123 Å². The Morgan fingerprint density at radius 1 is 1.05 bits per heavy atom. The summed E-state index contributed by atoms with van der Waals surface area (Å²) in [6.45, 7) is 1.68. The molecule has 4 nitrogen and oxygen atoms in total. The molecule has 0 amide bonds. The smallest absolute Gasteiger partial charge is 0.261 e. The fraction of sp³-hybridized carbons (Fsp3) is 0.200. The van der Waals surface area contributed by atoms with Crippen LogP contribution >= 0.6 is 0 Å². The summed E-state index contributed by atoms with van der Waals surface area (Å²) in [4.78, 5) is 0.0414. The zero-order valence-electron chi connectivity index (χ0n) is 11.3. The van der Waals surface area contributed by atoms with Gasteiger partial charge in [0.1, 0.15) is 5.82 Å². The van der Waals surface area contributed by atoms with Crippen molar-refractivity contribution in [3.8, 4) is 0 Å². The second-order valence-corrected chi connectivity index (χ2v) is 6.65. The summed E-state index contributed by atoms with van der Waals surface area (Å²) < 4.78 is 39.9. The molecule has 0 atom stereocenters. The summed E-state index contributed by atoms with van der Waals surface area (Å²) in [6.07, 6.45) is 0.945. The van der Waals surface area contributed by atoms with Crippen LogP contribution in [0.5, 0.6) is 0 Å². The highest BCUT2D eigenvalue weighted by Gasteiger charge is 2.16. The standard InChI is InChI=1S/C15H15FN2O2S/c16-13-2-5-15(6-3-13)21(19,20)18-14-4-1-11-7-8-17-10-12(11)9-14/h1-6,9,17-18H,7-8,10H2. The number of anilines is 1. The van der Waals surface area contributed by atoms with E-state index >= 15 is 0 Å². The first-order valence-corrected chi connectivity index (χ1v) is 8.14. The van der Waals surface area contributed by atoms with Gasteiger partial charge >= 0.3 is 0 Å². The Balaban J connectivity index is 1.87. The normalized spacial score (nSPS) is 14.5. The first-order valence-electron chi connectivity index (χ1n) is 6.65. The molecule has 0 fully saturated rings. The molecule has 1 aliphatic rings. The van der Waals surface area contributed by atoms with E-state index in [1.54, 1.807) is 6.07 Å². The molecular formula is C15H15FN2O2S. The molecule has 0 bridgehead atoms. The van der Waals surface area contributed by atoms with Crippen LogP contribution in [0.1, 0.15) is 11.1 Å². The molecule has 0 spiro atoms. The van der Waals surface area contributed by atoms with E-state index in [-0.39, 0.29) is 4.90 Å². The average Bonchev–Trinajstić information content (AvgIpc) is 2.47. The third kappa shape index (κ3) is 3.06. The van der Waals surface area contributed by atoms with E-state index in [1.165, 1.54) is 17.7 Å². The van der Waals surface area contributed by atoms with E-state index in [0.29, 0.717) is 5.69 Å². The molecule has 110 valence electrons. The van der Waals surface area contributed by atoms with Gasteiger partial charge < -0.3 is 5.32 Å². The minimum Gasteiger partial charge on any atom is -0.312 e. The predicted octanol–water partition coefficient (Wildman–Crippen LogP) is 2.27.